The van der Waals surface area contributed by atoms with Gasteiger partial charge in [-0.2, -0.15) is 0 Å². The van der Waals surface area contributed by atoms with Gasteiger partial charge < -0.3 is 23.8 Å². The van der Waals surface area contributed by atoms with Crippen LogP contribution in [0.25, 0.3) is 11.0 Å². The predicted molar refractivity (Wildman–Crippen MR) is 160 cm³/mol. The number of amides is 1. The van der Waals surface area contributed by atoms with E-state index in [0.717, 1.165) is 8.96 Å². The normalized spacial score (nSPS) is 20.5. The number of carbonyl (C=O) groups excluding carboxylic acids is 1. The van der Waals surface area contributed by atoms with Crippen molar-refractivity contribution in [3.63, 3.8) is 0 Å². The highest BCUT2D eigenvalue weighted by Crippen LogP contribution is 2.40. The molecule has 8 nitrogen and oxygen atoms in total. The van der Waals surface area contributed by atoms with Crippen LogP contribution in [0.2, 0.25) is 18.1 Å². The second kappa shape index (κ2) is 11.7. The Bertz CT molecular complexity index is 1230. The van der Waals surface area contributed by atoms with E-state index in [1.165, 1.54) is 6.33 Å². The van der Waals surface area contributed by atoms with Crippen LogP contribution < -0.4 is 5.32 Å². The van der Waals surface area contributed by atoms with Crippen molar-refractivity contribution in [3.8, 4) is 0 Å². The highest BCUT2D eigenvalue weighted by molar-refractivity contribution is 14.1. The van der Waals surface area contributed by atoms with Gasteiger partial charge in [0, 0.05) is 21.8 Å². The molecule has 1 aliphatic heterocycles. The highest BCUT2D eigenvalue weighted by Gasteiger charge is 2.42. The first-order valence-corrected chi connectivity index (χ1v) is 17.7. The number of halogens is 1. The molecular formula is C26H35IN4O4SSi. The van der Waals surface area contributed by atoms with Gasteiger partial charge >= 0.3 is 0 Å². The number of aromatic nitrogens is 3. The minimum absolute atomic E-state index is 0.0866. The lowest BCUT2D eigenvalue weighted by molar-refractivity contribution is -0.0506. The van der Waals surface area contributed by atoms with Gasteiger partial charge in [0.05, 0.1) is 24.0 Å². The molecule has 1 aromatic carbocycles. The lowest BCUT2D eigenvalue weighted by Gasteiger charge is -2.37. The molecular weight excluding hydrogens is 619 g/mol. The van der Waals surface area contributed by atoms with E-state index in [1.807, 2.05) is 35.2 Å². The lowest BCUT2D eigenvalue weighted by atomic mass is 10.2. The van der Waals surface area contributed by atoms with Crippen molar-refractivity contribution in [2.24, 2.45) is 0 Å². The van der Waals surface area contributed by atoms with Gasteiger partial charge in [0.2, 0.25) is 0 Å². The third-order valence-electron chi connectivity index (χ3n) is 7.14. The van der Waals surface area contributed by atoms with Crippen molar-refractivity contribution >= 4 is 65.4 Å². The van der Waals surface area contributed by atoms with Gasteiger partial charge in [0.15, 0.2) is 8.32 Å². The van der Waals surface area contributed by atoms with Crippen molar-refractivity contribution in [3.05, 3.63) is 52.0 Å². The van der Waals surface area contributed by atoms with Crippen LogP contribution in [0.4, 0.5) is 5.82 Å². The Morgan fingerprint density at radius 3 is 2.68 bits per heavy atom. The molecule has 3 heterocycles. The zero-order valence-corrected chi connectivity index (χ0v) is 26.1. The molecule has 11 heteroatoms. The number of nitrogens with one attached hydrogen (secondary N) is 1. The van der Waals surface area contributed by atoms with Crippen molar-refractivity contribution in [1.29, 1.82) is 0 Å². The topological polar surface area (TPSA) is 87.5 Å². The standard InChI is InChI=1S/C26H35IN4O4SSi/c1-26(2,3)37(5,6)34-14-20-19(33-16-36-4)12-21(35-20)31-13-18(27)22-23(28-15-29-24(22)31)30-25(32)17-10-8-7-9-11-17/h7-11,13,15,19-21H,12,14,16H2,1-6H3,(H,28,29,30,32)/t19?,20-,21-/m1/s1. The Labute approximate surface area is 237 Å². The average molecular weight is 655 g/mol. The first-order chi connectivity index (χ1) is 17.5. The second-order valence-electron chi connectivity index (χ2n) is 10.7. The van der Waals surface area contributed by atoms with Crippen molar-refractivity contribution in [2.45, 2.75) is 63.8 Å². The second-order valence-corrected chi connectivity index (χ2v) is 17.5. The molecule has 0 aliphatic carbocycles. The van der Waals surface area contributed by atoms with Crippen molar-refractivity contribution in [2.75, 3.05) is 24.1 Å². The fraction of sp³-hybridized carbons (Fsp3) is 0.500. The minimum atomic E-state index is -1.93. The van der Waals surface area contributed by atoms with E-state index in [2.05, 4.69) is 71.7 Å². The van der Waals surface area contributed by atoms with Crippen LogP contribution in [0.5, 0.6) is 0 Å². The van der Waals surface area contributed by atoms with Crippen LogP contribution in [-0.4, -0.2) is 59.8 Å². The molecule has 2 aromatic heterocycles. The molecule has 37 heavy (non-hydrogen) atoms. The fourth-order valence-electron chi connectivity index (χ4n) is 3.98. The summed E-state index contributed by atoms with van der Waals surface area (Å²) >= 11 is 3.91. The SMILES string of the molecule is CSCOC1C[C@H](n2cc(I)c3c(NC(=O)c4ccccc4)ncnc32)O[C@@H]1CO[Si](C)(C)C(C)(C)C. The van der Waals surface area contributed by atoms with Crippen LogP contribution in [0.15, 0.2) is 42.9 Å². The van der Waals surface area contributed by atoms with Crippen molar-refractivity contribution < 1.29 is 18.7 Å². The maximum Gasteiger partial charge on any atom is 0.256 e. The smallest absolute Gasteiger partial charge is 0.256 e. The van der Waals surface area contributed by atoms with Crippen LogP contribution in [0.3, 0.4) is 0 Å². The Morgan fingerprint density at radius 1 is 1.27 bits per heavy atom. The Morgan fingerprint density at radius 2 is 2.00 bits per heavy atom. The number of benzene rings is 1. The highest BCUT2D eigenvalue weighted by atomic mass is 127. The maximum absolute atomic E-state index is 12.8. The van der Waals surface area contributed by atoms with Crippen LogP contribution in [0, 0.1) is 3.57 Å². The summed E-state index contributed by atoms with van der Waals surface area (Å²) in [5, 5.41) is 3.86. The molecule has 3 atom stereocenters. The number of ether oxygens (including phenoxy) is 2. The number of fused-ring (bicyclic) bond motifs is 1. The third kappa shape index (κ3) is 6.39. The third-order valence-corrected chi connectivity index (χ3v) is 12.8. The van der Waals surface area contributed by atoms with E-state index >= 15 is 0 Å². The summed E-state index contributed by atoms with van der Waals surface area (Å²) in [5.74, 6) is 0.863. The molecule has 0 bridgehead atoms. The molecule has 3 aromatic rings. The number of hydrogen-bond donors (Lipinski definition) is 1. The van der Waals surface area contributed by atoms with Gasteiger partial charge in [-0.15, -0.1) is 11.8 Å². The van der Waals surface area contributed by atoms with E-state index in [-0.39, 0.29) is 29.4 Å². The number of hydrogen-bond acceptors (Lipinski definition) is 7. The van der Waals surface area contributed by atoms with Crippen LogP contribution in [-0.2, 0) is 13.9 Å². The number of thioether (sulfide) groups is 1. The fourth-order valence-corrected chi connectivity index (χ4v) is 6.10. The molecule has 4 rings (SSSR count). The van der Waals surface area contributed by atoms with Crippen LogP contribution in [0.1, 0.15) is 43.8 Å². The van der Waals surface area contributed by atoms with E-state index < -0.39 is 8.32 Å². The van der Waals surface area contributed by atoms with Gasteiger partial charge in [-0.3, -0.25) is 4.79 Å². The van der Waals surface area contributed by atoms with Gasteiger partial charge in [-0.05, 0) is 59.1 Å². The number of anilines is 1. The van der Waals surface area contributed by atoms with E-state index in [9.17, 15) is 4.79 Å². The molecule has 0 radical (unpaired) electrons. The van der Waals surface area contributed by atoms with E-state index in [4.69, 9.17) is 13.9 Å². The van der Waals surface area contributed by atoms with Gasteiger partial charge in [0.1, 0.15) is 30.1 Å². The summed E-state index contributed by atoms with van der Waals surface area (Å²) in [7, 11) is -1.93. The maximum atomic E-state index is 12.8. The Kier molecular flexibility index (Phi) is 9.01. The summed E-state index contributed by atoms with van der Waals surface area (Å²) in [5.41, 5.74) is 1.28. The number of nitrogens with zero attached hydrogens (tertiary/aromatic N) is 3. The lowest BCUT2D eigenvalue weighted by Crippen LogP contribution is -2.44. The first-order valence-electron chi connectivity index (χ1n) is 12.3. The Hall–Kier alpha value is -1.51. The van der Waals surface area contributed by atoms with Gasteiger partial charge in [-0.25, -0.2) is 9.97 Å². The molecule has 0 saturated carbocycles. The molecule has 200 valence electrons. The monoisotopic (exact) mass is 654 g/mol. The molecule has 0 spiro atoms. The summed E-state index contributed by atoms with van der Waals surface area (Å²) < 4.78 is 22.2. The minimum Gasteiger partial charge on any atom is -0.414 e. The van der Waals surface area contributed by atoms with Gasteiger partial charge in [0.25, 0.3) is 5.91 Å². The number of carbonyl (C=O) groups is 1. The predicted octanol–water partition coefficient (Wildman–Crippen LogP) is 6.30. The first kappa shape index (κ1) is 28.5. The molecule has 1 saturated heterocycles. The summed E-state index contributed by atoms with van der Waals surface area (Å²) in [6.45, 7) is 11.7. The quantitative estimate of drug-likeness (QED) is 0.165. The molecule has 1 amide bonds. The molecule has 1 N–H and O–H groups in total. The Balaban J connectivity index is 1.58. The molecule has 1 unspecified atom stereocenters. The number of rotatable bonds is 9. The average Bonchev–Trinajstić information content (AvgIpc) is 3.42. The summed E-state index contributed by atoms with van der Waals surface area (Å²) in [6.07, 6.45) is 5.66. The van der Waals surface area contributed by atoms with Gasteiger partial charge in [-0.1, -0.05) is 39.0 Å². The zero-order chi connectivity index (χ0) is 26.8. The van der Waals surface area contributed by atoms with Crippen LogP contribution >= 0.6 is 34.4 Å². The summed E-state index contributed by atoms with van der Waals surface area (Å²) in [4.78, 5) is 21.7. The molecule has 1 aliphatic rings. The van der Waals surface area contributed by atoms with E-state index in [0.29, 0.717) is 36.0 Å². The summed E-state index contributed by atoms with van der Waals surface area (Å²) in [6, 6.07) is 9.10. The van der Waals surface area contributed by atoms with Crippen molar-refractivity contribution in [1.82, 2.24) is 14.5 Å². The zero-order valence-electron chi connectivity index (χ0n) is 22.2. The largest absolute Gasteiger partial charge is 0.414 e. The van der Waals surface area contributed by atoms with E-state index in [1.54, 1.807) is 23.9 Å². The molecule has 1 fully saturated rings.